The fraction of sp³-hybridized carbons (Fsp3) is 0.529. The number of benzene rings is 1. The van der Waals surface area contributed by atoms with Crippen LogP contribution in [0.15, 0.2) is 22.7 Å². The summed E-state index contributed by atoms with van der Waals surface area (Å²) >= 11 is 0. The van der Waals surface area contributed by atoms with Crippen molar-refractivity contribution in [2.75, 3.05) is 13.3 Å². The van der Waals surface area contributed by atoms with Crippen LogP contribution in [0.3, 0.4) is 0 Å². The molecule has 3 heterocycles. The van der Waals surface area contributed by atoms with E-state index < -0.39 is 0 Å². The Morgan fingerprint density at radius 1 is 1.13 bits per heavy atom. The Balaban J connectivity index is 1.35. The van der Waals surface area contributed by atoms with Gasteiger partial charge in [-0.1, -0.05) is 11.2 Å². The quantitative estimate of drug-likeness (QED) is 0.864. The van der Waals surface area contributed by atoms with E-state index in [0.29, 0.717) is 18.8 Å². The lowest BCUT2D eigenvalue weighted by Gasteiger charge is -2.23. The summed E-state index contributed by atoms with van der Waals surface area (Å²) in [7, 11) is 0. The lowest BCUT2D eigenvalue weighted by Crippen LogP contribution is -2.23. The Labute approximate surface area is 134 Å². The second-order valence-electron chi connectivity index (χ2n) is 6.56. The summed E-state index contributed by atoms with van der Waals surface area (Å²) in [6.07, 6.45) is 4.70. The predicted octanol–water partition coefficient (Wildman–Crippen LogP) is 3.01. The first kappa shape index (κ1) is 13.4. The maximum absolute atomic E-state index is 5.51. The van der Waals surface area contributed by atoms with Gasteiger partial charge in [0.05, 0.1) is 6.54 Å². The first-order valence-corrected chi connectivity index (χ1v) is 8.33. The predicted molar refractivity (Wildman–Crippen MR) is 81.2 cm³/mol. The molecule has 0 amide bonds. The molecule has 2 fully saturated rings. The van der Waals surface area contributed by atoms with Crippen LogP contribution in [0, 0.1) is 0 Å². The van der Waals surface area contributed by atoms with Gasteiger partial charge in [0, 0.05) is 12.0 Å². The molecular formula is C17H19N3O3. The molecule has 5 rings (SSSR count). The average molecular weight is 313 g/mol. The van der Waals surface area contributed by atoms with Crippen molar-refractivity contribution < 1.29 is 14.0 Å². The van der Waals surface area contributed by atoms with Gasteiger partial charge in [0.2, 0.25) is 12.7 Å². The minimum absolute atomic E-state index is 0.319. The molecule has 1 unspecified atom stereocenters. The number of ether oxygens (including phenoxy) is 2. The molecule has 1 saturated carbocycles. The molecule has 1 saturated heterocycles. The van der Waals surface area contributed by atoms with Gasteiger partial charge in [-0.15, -0.1) is 0 Å². The van der Waals surface area contributed by atoms with Crippen molar-refractivity contribution in [1.82, 2.24) is 15.0 Å². The number of rotatable bonds is 4. The zero-order valence-electron chi connectivity index (χ0n) is 12.9. The maximum Gasteiger partial charge on any atom is 0.231 e. The molecule has 6 heteroatoms. The molecule has 1 aliphatic carbocycles. The molecule has 6 nitrogen and oxygen atoms in total. The molecule has 2 aromatic rings. The molecule has 1 aromatic carbocycles. The smallest absolute Gasteiger partial charge is 0.231 e. The minimum atomic E-state index is 0.319. The molecule has 0 spiro atoms. The third-order valence-electron chi connectivity index (χ3n) is 4.90. The van der Waals surface area contributed by atoms with Gasteiger partial charge in [0.1, 0.15) is 0 Å². The molecule has 2 aliphatic heterocycles. The molecule has 1 aromatic heterocycles. The van der Waals surface area contributed by atoms with E-state index >= 15 is 0 Å². The summed E-state index contributed by atoms with van der Waals surface area (Å²) in [6.45, 7) is 2.13. The van der Waals surface area contributed by atoms with E-state index in [9.17, 15) is 0 Å². The second kappa shape index (κ2) is 5.23. The Kier molecular flexibility index (Phi) is 3.04. The monoisotopic (exact) mass is 313 g/mol. The van der Waals surface area contributed by atoms with Crippen molar-refractivity contribution in [1.29, 1.82) is 0 Å². The van der Waals surface area contributed by atoms with Crippen LogP contribution in [-0.2, 0) is 6.54 Å². The van der Waals surface area contributed by atoms with E-state index in [1.807, 2.05) is 6.07 Å². The Morgan fingerprint density at radius 2 is 2.04 bits per heavy atom. The van der Waals surface area contributed by atoms with Crippen LogP contribution < -0.4 is 9.47 Å². The fourth-order valence-corrected chi connectivity index (χ4v) is 3.52. The second-order valence-corrected chi connectivity index (χ2v) is 6.56. The van der Waals surface area contributed by atoms with Crippen molar-refractivity contribution in [3.63, 3.8) is 0 Å². The average Bonchev–Trinajstić information content (AvgIpc) is 3.00. The highest BCUT2D eigenvalue weighted by Crippen LogP contribution is 2.40. The largest absolute Gasteiger partial charge is 0.454 e. The zero-order chi connectivity index (χ0) is 15.2. The van der Waals surface area contributed by atoms with Gasteiger partial charge in [-0.2, -0.15) is 4.98 Å². The molecule has 3 aliphatic rings. The van der Waals surface area contributed by atoms with E-state index in [0.717, 1.165) is 42.7 Å². The summed E-state index contributed by atoms with van der Waals surface area (Å²) in [5.41, 5.74) is 1.28. The van der Waals surface area contributed by atoms with Crippen LogP contribution in [-0.4, -0.2) is 28.4 Å². The number of aromatic nitrogens is 2. The normalized spacial score (nSPS) is 23.6. The topological polar surface area (TPSA) is 60.6 Å². The Morgan fingerprint density at radius 3 is 2.96 bits per heavy atom. The van der Waals surface area contributed by atoms with Crippen LogP contribution in [0.2, 0.25) is 0 Å². The van der Waals surface area contributed by atoms with Gasteiger partial charge in [-0.05, 0) is 49.9 Å². The van der Waals surface area contributed by atoms with Gasteiger partial charge in [-0.3, -0.25) is 4.90 Å². The molecule has 0 bridgehead atoms. The lowest BCUT2D eigenvalue weighted by molar-refractivity contribution is 0.173. The van der Waals surface area contributed by atoms with Crippen molar-refractivity contribution in [3.8, 4) is 11.5 Å². The molecule has 0 N–H and O–H groups in total. The third kappa shape index (κ3) is 2.47. The van der Waals surface area contributed by atoms with Gasteiger partial charge in [0.15, 0.2) is 17.3 Å². The number of hydrogen-bond donors (Lipinski definition) is 0. The number of hydrogen-bond acceptors (Lipinski definition) is 6. The van der Waals surface area contributed by atoms with Crippen molar-refractivity contribution in [2.45, 2.75) is 44.2 Å². The van der Waals surface area contributed by atoms with E-state index in [-0.39, 0.29) is 0 Å². The summed E-state index contributed by atoms with van der Waals surface area (Å²) in [4.78, 5) is 6.99. The molecular weight excluding hydrogens is 294 g/mol. The zero-order valence-corrected chi connectivity index (χ0v) is 12.9. The Hall–Kier alpha value is -2.08. The van der Waals surface area contributed by atoms with Gasteiger partial charge in [-0.25, -0.2) is 0 Å². The van der Waals surface area contributed by atoms with E-state index in [1.54, 1.807) is 0 Å². The molecule has 120 valence electrons. The van der Waals surface area contributed by atoms with Crippen molar-refractivity contribution >= 4 is 0 Å². The highest BCUT2D eigenvalue weighted by atomic mass is 16.7. The molecule has 1 atom stereocenters. The van der Waals surface area contributed by atoms with Crippen molar-refractivity contribution in [2.24, 2.45) is 0 Å². The van der Waals surface area contributed by atoms with Crippen LogP contribution in [0.4, 0.5) is 0 Å². The summed E-state index contributed by atoms with van der Waals surface area (Å²) in [5.74, 6) is 3.83. The van der Waals surface area contributed by atoms with Gasteiger partial charge in [0.25, 0.3) is 0 Å². The lowest BCUT2D eigenvalue weighted by atomic mass is 10.0. The highest BCUT2D eigenvalue weighted by Gasteiger charge is 2.32. The number of fused-ring (bicyclic) bond motifs is 1. The Bertz CT molecular complexity index is 726. The van der Waals surface area contributed by atoms with E-state index in [2.05, 4.69) is 27.2 Å². The minimum Gasteiger partial charge on any atom is -0.454 e. The maximum atomic E-state index is 5.51. The van der Waals surface area contributed by atoms with Crippen LogP contribution in [0.25, 0.3) is 0 Å². The van der Waals surface area contributed by atoms with Crippen LogP contribution in [0.5, 0.6) is 11.5 Å². The number of likely N-dealkylation sites (tertiary alicyclic amines) is 1. The summed E-state index contributed by atoms with van der Waals surface area (Å²) in [6, 6.07) is 6.64. The highest BCUT2D eigenvalue weighted by molar-refractivity contribution is 5.45. The van der Waals surface area contributed by atoms with Gasteiger partial charge < -0.3 is 14.0 Å². The van der Waals surface area contributed by atoms with Crippen LogP contribution in [0.1, 0.15) is 54.9 Å². The molecule has 0 radical (unpaired) electrons. The van der Waals surface area contributed by atoms with Gasteiger partial charge >= 0.3 is 0 Å². The third-order valence-corrected chi connectivity index (χ3v) is 4.90. The molecule has 23 heavy (non-hydrogen) atoms. The fourth-order valence-electron chi connectivity index (χ4n) is 3.52. The number of nitrogens with zero attached hydrogens (tertiary/aromatic N) is 3. The van der Waals surface area contributed by atoms with Crippen LogP contribution >= 0.6 is 0 Å². The van der Waals surface area contributed by atoms with Crippen molar-refractivity contribution in [3.05, 3.63) is 35.5 Å². The van der Waals surface area contributed by atoms with E-state index in [4.69, 9.17) is 14.0 Å². The standard InChI is InChI=1S/C17H19N3O3/c1-2-13(12-5-6-14-15(8-12)22-10-21-14)20(7-1)9-16-18-17(23-19-16)11-3-4-11/h5-6,8,11,13H,1-4,7,9-10H2. The first-order valence-electron chi connectivity index (χ1n) is 8.33. The first-order chi connectivity index (χ1) is 11.4. The van der Waals surface area contributed by atoms with E-state index in [1.165, 1.54) is 24.8 Å². The summed E-state index contributed by atoms with van der Waals surface area (Å²) < 4.78 is 16.3. The summed E-state index contributed by atoms with van der Waals surface area (Å²) in [5, 5.41) is 4.15. The SMILES string of the molecule is c1cc2c(cc1C1CCCN1Cc1noc(C3CC3)n1)OCO2.